The Balaban J connectivity index is 1.80. The first kappa shape index (κ1) is 12.9. The Kier molecular flexibility index (Phi) is 3.02. The highest BCUT2D eigenvalue weighted by atomic mass is 32.1. The summed E-state index contributed by atoms with van der Waals surface area (Å²) >= 11 is 1.53. The fraction of sp³-hybridized carbons (Fsp3) is 0.692. The van der Waals surface area contributed by atoms with Crippen LogP contribution in [-0.4, -0.2) is 41.4 Å². The van der Waals surface area contributed by atoms with E-state index in [-0.39, 0.29) is 0 Å². The second kappa shape index (κ2) is 4.45. The smallest absolute Gasteiger partial charge is 0.315 e. The van der Waals surface area contributed by atoms with Gasteiger partial charge in [-0.2, -0.15) is 0 Å². The van der Waals surface area contributed by atoms with Crippen LogP contribution < -0.4 is 4.90 Å². The van der Waals surface area contributed by atoms with Crippen molar-refractivity contribution < 1.29 is 14.6 Å². The predicted molar refractivity (Wildman–Crippen MR) is 72.9 cm³/mol. The third-order valence-corrected chi connectivity index (χ3v) is 4.88. The van der Waals surface area contributed by atoms with E-state index in [1.165, 1.54) is 11.3 Å². The summed E-state index contributed by atoms with van der Waals surface area (Å²) in [6.07, 6.45) is 2.89. The number of aliphatic carboxylic acids is 1. The lowest BCUT2D eigenvalue weighted by molar-refractivity contribution is -0.142. The third kappa shape index (κ3) is 2.23. The molecule has 6 heteroatoms. The van der Waals surface area contributed by atoms with Crippen LogP contribution >= 0.6 is 11.3 Å². The zero-order chi connectivity index (χ0) is 13.6. The molecule has 3 rings (SSSR count). The average Bonchev–Trinajstić information content (AvgIpc) is 2.96. The van der Waals surface area contributed by atoms with Crippen LogP contribution in [0.5, 0.6) is 0 Å². The van der Waals surface area contributed by atoms with Crippen LogP contribution in [0.25, 0.3) is 0 Å². The molecule has 1 N–H and O–H groups in total. The van der Waals surface area contributed by atoms with Crippen LogP contribution in [0.3, 0.4) is 0 Å². The largest absolute Gasteiger partial charge is 0.481 e. The van der Waals surface area contributed by atoms with Gasteiger partial charge in [0.15, 0.2) is 5.13 Å². The van der Waals surface area contributed by atoms with Crippen LogP contribution in [0.1, 0.15) is 32.4 Å². The van der Waals surface area contributed by atoms with Gasteiger partial charge in [0.25, 0.3) is 0 Å². The summed E-state index contributed by atoms with van der Waals surface area (Å²) < 4.78 is 5.80. The van der Waals surface area contributed by atoms with Crippen molar-refractivity contribution in [3.8, 4) is 0 Å². The molecule has 0 aromatic carbocycles. The van der Waals surface area contributed by atoms with Gasteiger partial charge >= 0.3 is 5.97 Å². The lowest BCUT2D eigenvalue weighted by Gasteiger charge is -2.31. The van der Waals surface area contributed by atoms with Crippen LogP contribution in [0, 0.1) is 0 Å². The van der Waals surface area contributed by atoms with Gasteiger partial charge in [-0.15, -0.1) is 11.3 Å². The van der Waals surface area contributed by atoms with Gasteiger partial charge in [0.2, 0.25) is 0 Å². The number of carbonyl (C=O) groups is 1. The standard InChI is InChI=1S/C13H18N2O3S/c1-13(2,11(16)17)10-7-19-12(14-10)15-5-8-3-4-9(6-15)18-8/h7-9H,3-6H2,1-2H3,(H,16,17). The monoisotopic (exact) mass is 282 g/mol. The summed E-state index contributed by atoms with van der Waals surface area (Å²) in [6, 6.07) is 0. The molecule has 0 saturated carbocycles. The van der Waals surface area contributed by atoms with E-state index in [1.54, 1.807) is 13.8 Å². The molecule has 3 heterocycles. The maximum atomic E-state index is 11.3. The Morgan fingerprint density at radius 2 is 2.11 bits per heavy atom. The summed E-state index contributed by atoms with van der Waals surface area (Å²) in [7, 11) is 0. The zero-order valence-electron chi connectivity index (χ0n) is 11.1. The minimum absolute atomic E-state index is 0.318. The van der Waals surface area contributed by atoms with Crippen molar-refractivity contribution in [2.24, 2.45) is 0 Å². The fourth-order valence-electron chi connectivity index (χ4n) is 2.58. The first-order valence-corrected chi connectivity index (χ1v) is 7.44. The Morgan fingerprint density at radius 1 is 1.47 bits per heavy atom. The van der Waals surface area contributed by atoms with Crippen LogP contribution in [-0.2, 0) is 14.9 Å². The number of hydrogen-bond donors (Lipinski definition) is 1. The minimum Gasteiger partial charge on any atom is -0.481 e. The quantitative estimate of drug-likeness (QED) is 0.917. The second-order valence-corrected chi connectivity index (χ2v) is 6.64. The van der Waals surface area contributed by atoms with Crippen molar-refractivity contribution in [2.45, 2.75) is 44.3 Å². The average molecular weight is 282 g/mol. The number of rotatable bonds is 3. The van der Waals surface area contributed by atoms with Crippen LogP contribution in [0.2, 0.25) is 0 Å². The van der Waals surface area contributed by atoms with Gasteiger partial charge in [0.05, 0.1) is 17.9 Å². The number of ether oxygens (including phenoxy) is 1. The van der Waals surface area contributed by atoms with Gasteiger partial charge in [0, 0.05) is 18.5 Å². The van der Waals surface area contributed by atoms with E-state index in [0.717, 1.165) is 31.1 Å². The molecule has 2 fully saturated rings. The molecule has 5 nitrogen and oxygen atoms in total. The normalized spacial score (nSPS) is 26.7. The van der Waals surface area contributed by atoms with Crippen molar-refractivity contribution in [2.75, 3.05) is 18.0 Å². The Bertz CT molecular complexity index is 488. The molecule has 2 saturated heterocycles. The predicted octanol–water partition coefficient (Wildman–Crippen LogP) is 1.87. The molecule has 0 spiro atoms. The molecule has 1 aromatic rings. The van der Waals surface area contributed by atoms with E-state index in [9.17, 15) is 9.90 Å². The van der Waals surface area contributed by atoms with Crippen molar-refractivity contribution in [1.29, 1.82) is 0 Å². The zero-order valence-corrected chi connectivity index (χ0v) is 11.9. The van der Waals surface area contributed by atoms with Crippen LogP contribution in [0.4, 0.5) is 5.13 Å². The number of hydrogen-bond acceptors (Lipinski definition) is 5. The molecule has 2 bridgehead atoms. The number of nitrogens with zero attached hydrogens (tertiary/aromatic N) is 2. The van der Waals surface area contributed by atoms with Crippen molar-refractivity contribution in [1.82, 2.24) is 4.98 Å². The maximum Gasteiger partial charge on any atom is 0.315 e. The molecular weight excluding hydrogens is 264 g/mol. The molecule has 19 heavy (non-hydrogen) atoms. The number of thiazole rings is 1. The molecular formula is C13H18N2O3S. The van der Waals surface area contributed by atoms with Crippen LogP contribution in [0.15, 0.2) is 5.38 Å². The van der Waals surface area contributed by atoms with Crippen molar-refractivity contribution in [3.05, 3.63) is 11.1 Å². The first-order chi connectivity index (χ1) is 8.96. The molecule has 2 aliphatic heterocycles. The Morgan fingerprint density at radius 3 is 2.68 bits per heavy atom. The van der Waals surface area contributed by atoms with Gasteiger partial charge in [-0.1, -0.05) is 0 Å². The molecule has 0 aliphatic carbocycles. The molecule has 1 aromatic heterocycles. The molecule has 2 aliphatic rings. The summed E-state index contributed by atoms with van der Waals surface area (Å²) in [6.45, 7) is 5.13. The number of anilines is 1. The topological polar surface area (TPSA) is 62.7 Å². The number of carboxylic acids is 1. The van der Waals surface area contributed by atoms with E-state index in [0.29, 0.717) is 17.9 Å². The van der Waals surface area contributed by atoms with Crippen molar-refractivity contribution in [3.63, 3.8) is 0 Å². The molecule has 2 atom stereocenters. The number of morpholine rings is 1. The highest BCUT2D eigenvalue weighted by Gasteiger charge is 2.36. The highest BCUT2D eigenvalue weighted by molar-refractivity contribution is 7.13. The van der Waals surface area contributed by atoms with Gasteiger partial charge in [-0.05, 0) is 26.7 Å². The Labute approximate surface area is 116 Å². The number of carboxylic acid groups (broad SMARTS) is 1. The van der Waals surface area contributed by atoms with Gasteiger partial charge in [-0.3, -0.25) is 4.79 Å². The Hall–Kier alpha value is -1.14. The molecule has 2 unspecified atom stereocenters. The van der Waals surface area contributed by atoms with Gasteiger partial charge in [-0.25, -0.2) is 4.98 Å². The maximum absolute atomic E-state index is 11.3. The van der Waals surface area contributed by atoms with E-state index < -0.39 is 11.4 Å². The fourth-order valence-corrected chi connectivity index (χ4v) is 3.59. The molecule has 0 amide bonds. The number of fused-ring (bicyclic) bond motifs is 2. The SMILES string of the molecule is CC(C)(C(=O)O)c1csc(N2CC3CCC(C2)O3)n1. The molecule has 0 radical (unpaired) electrons. The summed E-state index contributed by atoms with van der Waals surface area (Å²) in [4.78, 5) is 18.0. The van der Waals surface area contributed by atoms with E-state index in [2.05, 4.69) is 9.88 Å². The van der Waals surface area contributed by atoms with E-state index >= 15 is 0 Å². The lowest BCUT2D eigenvalue weighted by atomic mass is 9.90. The highest BCUT2D eigenvalue weighted by Crippen LogP contribution is 2.33. The summed E-state index contributed by atoms with van der Waals surface area (Å²) in [5.41, 5.74) is -0.293. The minimum atomic E-state index is -0.931. The second-order valence-electron chi connectivity index (χ2n) is 5.81. The van der Waals surface area contributed by atoms with E-state index in [1.807, 2.05) is 5.38 Å². The summed E-state index contributed by atoms with van der Waals surface area (Å²) in [5.74, 6) is -0.841. The third-order valence-electron chi connectivity index (χ3n) is 3.98. The van der Waals surface area contributed by atoms with Crippen molar-refractivity contribution >= 4 is 22.4 Å². The van der Waals surface area contributed by atoms with Gasteiger partial charge in [0.1, 0.15) is 5.41 Å². The first-order valence-electron chi connectivity index (χ1n) is 6.56. The number of aromatic nitrogens is 1. The molecule has 104 valence electrons. The van der Waals surface area contributed by atoms with Gasteiger partial charge < -0.3 is 14.7 Å². The lowest BCUT2D eigenvalue weighted by Crippen LogP contribution is -2.42. The van der Waals surface area contributed by atoms with E-state index in [4.69, 9.17) is 4.74 Å². The summed E-state index contributed by atoms with van der Waals surface area (Å²) in [5, 5.41) is 12.0.